The molecule has 2 heterocycles. The molecular formula is C18H25N3O2. The van der Waals surface area contributed by atoms with Crippen molar-refractivity contribution in [1.82, 2.24) is 15.8 Å². The molecule has 1 amide bonds. The predicted molar refractivity (Wildman–Crippen MR) is 88.8 cm³/mol. The topological polar surface area (TPSA) is 61.4 Å². The number of Topliss-reactive ketones (excluding diaryl/α,β-unsaturated/α-hetero) is 1. The second-order valence-corrected chi connectivity index (χ2v) is 6.78. The Balaban J connectivity index is 1.73. The minimum Gasteiger partial charge on any atom is -0.336 e. The van der Waals surface area contributed by atoms with Gasteiger partial charge in [0.15, 0.2) is 0 Å². The first-order valence-corrected chi connectivity index (χ1v) is 8.41. The van der Waals surface area contributed by atoms with E-state index >= 15 is 0 Å². The molecule has 2 aliphatic rings. The smallest absolute Gasteiger partial charge is 0.289 e. The predicted octanol–water partition coefficient (Wildman–Crippen LogP) is 1.38. The van der Waals surface area contributed by atoms with E-state index in [9.17, 15) is 9.59 Å². The van der Waals surface area contributed by atoms with E-state index in [2.05, 4.69) is 42.0 Å². The third-order valence-electron chi connectivity index (χ3n) is 5.08. The number of carbonyl (C=O) groups excluding carboxylic acids is 2. The molecule has 2 aliphatic heterocycles. The average Bonchev–Trinajstić information content (AvgIpc) is 3.04. The molecule has 0 saturated carbocycles. The zero-order valence-corrected chi connectivity index (χ0v) is 13.8. The second kappa shape index (κ2) is 6.81. The lowest BCUT2D eigenvalue weighted by molar-refractivity contribution is -0.145. The van der Waals surface area contributed by atoms with Gasteiger partial charge in [-0.2, -0.15) is 0 Å². The molecule has 3 unspecified atom stereocenters. The van der Waals surface area contributed by atoms with Crippen LogP contribution < -0.4 is 10.9 Å². The van der Waals surface area contributed by atoms with Crippen molar-refractivity contribution in [3.63, 3.8) is 0 Å². The van der Waals surface area contributed by atoms with Crippen LogP contribution in [-0.4, -0.2) is 42.3 Å². The Labute approximate surface area is 137 Å². The third-order valence-corrected chi connectivity index (χ3v) is 5.08. The van der Waals surface area contributed by atoms with Gasteiger partial charge in [0.1, 0.15) is 0 Å². The van der Waals surface area contributed by atoms with Crippen molar-refractivity contribution >= 4 is 11.7 Å². The molecule has 1 aromatic carbocycles. The number of amides is 1. The summed E-state index contributed by atoms with van der Waals surface area (Å²) in [6, 6.07) is 8.99. The highest BCUT2D eigenvalue weighted by Gasteiger charge is 2.37. The van der Waals surface area contributed by atoms with Crippen LogP contribution in [0.4, 0.5) is 0 Å². The van der Waals surface area contributed by atoms with Crippen LogP contribution in [0.2, 0.25) is 0 Å². The van der Waals surface area contributed by atoms with Crippen molar-refractivity contribution < 1.29 is 9.59 Å². The quantitative estimate of drug-likeness (QED) is 0.828. The summed E-state index contributed by atoms with van der Waals surface area (Å²) in [6.07, 6.45) is 2.05. The minimum atomic E-state index is -0.363. The summed E-state index contributed by atoms with van der Waals surface area (Å²) in [6.45, 7) is 5.71. The van der Waals surface area contributed by atoms with Gasteiger partial charge in [-0.15, -0.1) is 0 Å². The molecule has 5 nitrogen and oxygen atoms in total. The Morgan fingerprint density at radius 3 is 2.65 bits per heavy atom. The maximum atomic E-state index is 12.0. The van der Waals surface area contributed by atoms with Crippen LogP contribution in [0.15, 0.2) is 24.3 Å². The van der Waals surface area contributed by atoms with E-state index in [1.54, 1.807) is 4.90 Å². The van der Waals surface area contributed by atoms with Gasteiger partial charge in [0.05, 0.1) is 0 Å². The number of hydrazine groups is 1. The third kappa shape index (κ3) is 3.46. The van der Waals surface area contributed by atoms with E-state index in [1.807, 2.05) is 0 Å². The lowest BCUT2D eigenvalue weighted by Gasteiger charge is -2.37. The monoisotopic (exact) mass is 315 g/mol. The van der Waals surface area contributed by atoms with Crippen LogP contribution in [0.25, 0.3) is 0 Å². The molecule has 5 heteroatoms. The van der Waals surface area contributed by atoms with Gasteiger partial charge in [-0.1, -0.05) is 29.8 Å². The van der Waals surface area contributed by atoms with Gasteiger partial charge in [-0.25, -0.2) is 0 Å². The Bertz CT molecular complexity index is 584. The lowest BCUT2D eigenvalue weighted by Crippen LogP contribution is -2.49. The molecule has 2 fully saturated rings. The molecule has 23 heavy (non-hydrogen) atoms. The highest BCUT2D eigenvalue weighted by Crippen LogP contribution is 2.31. The number of aryl methyl sites for hydroxylation is 1. The standard InChI is InChI=1S/C18H25N3O2/c1-12-5-7-14(8-6-12)16-10-19-20-17(16)15-4-3-9-21(11-15)18(23)13(2)22/h5-8,15-17,19-20H,3-4,9-11H2,1-2H3. The summed E-state index contributed by atoms with van der Waals surface area (Å²) < 4.78 is 0. The van der Waals surface area contributed by atoms with Crippen molar-refractivity contribution in [2.24, 2.45) is 5.92 Å². The number of nitrogens with zero attached hydrogens (tertiary/aromatic N) is 1. The fraction of sp³-hybridized carbons (Fsp3) is 0.556. The summed E-state index contributed by atoms with van der Waals surface area (Å²) >= 11 is 0. The Kier molecular flexibility index (Phi) is 4.78. The van der Waals surface area contributed by atoms with E-state index in [0.29, 0.717) is 31.0 Å². The van der Waals surface area contributed by atoms with Crippen molar-refractivity contribution in [2.75, 3.05) is 19.6 Å². The summed E-state index contributed by atoms with van der Waals surface area (Å²) in [4.78, 5) is 25.1. The van der Waals surface area contributed by atoms with Gasteiger partial charge < -0.3 is 4.90 Å². The van der Waals surface area contributed by atoms with Crippen LogP contribution in [0.5, 0.6) is 0 Å². The fourth-order valence-corrected chi connectivity index (χ4v) is 3.81. The molecule has 0 spiro atoms. The lowest BCUT2D eigenvalue weighted by atomic mass is 9.81. The van der Waals surface area contributed by atoms with Gasteiger partial charge in [0.25, 0.3) is 5.91 Å². The summed E-state index contributed by atoms with van der Waals surface area (Å²) in [5, 5.41) is 0. The SMILES string of the molecule is CC(=O)C(=O)N1CCCC(C2NNCC2c2ccc(C)cc2)C1. The number of ketones is 1. The Hall–Kier alpha value is -1.72. The Morgan fingerprint density at radius 2 is 1.96 bits per heavy atom. The van der Waals surface area contributed by atoms with Crippen molar-refractivity contribution in [3.05, 3.63) is 35.4 Å². The molecule has 3 rings (SSSR count). The molecule has 0 bridgehead atoms. The number of rotatable bonds is 3. The van der Waals surface area contributed by atoms with E-state index < -0.39 is 0 Å². The van der Waals surface area contributed by atoms with Crippen LogP contribution in [0.1, 0.15) is 36.8 Å². The minimum absolute atomic E-state index is 0.292. The van der Waals surface area contributed by atoms with Crippen LogP contribution in [0, 0.1) is 12.8 Å². The number of hydrogen-bond donors (Lipinski definition) is 2. The molecule has 0 aromatic heterocycles. The molecular weight excluding hydrogens is 290 g/mol. The van der Waals surface area contributed by atoms with E-state index in [0.717, 1.165) is 19.4 Å². The number of piperidine rings is 1. The first-order chi connectivity index (χ1) is 11.1. The molecule has 1 aromatic rings. The van der Waals surface area contributed by atoms with E-state index in [4.69, 9.17) is 0 Å². The number of benzene rings is 1. The zero-order chi connectivity index (χ0) is 16.4. The molecule has 0 aliphatic carbocycles. The van der Waals surface area contributed by atoms with E-state index in [1.165, 1.54) is 18.1 Å². The largest absolute Gasteiger partial charge is 0.336 e. The fourth-order valence-electron chi connectivity index (χ4n) is 3.81. The number of nitrogens with one attached hydrogen (secondary N) is 2. The molecule has 2 N–H and O–H groups in total. The van der Waals surface area contributed by atoms with Crippen molar-refractivity contribution in [1.29, 1.82) is 0 Å². The van der Waals surface area contributed by atoms with E-state index in [-0.39, 0.29) is 11.7 Å². The normalized spacial score (nSPS) is 27.9. The zero-order valence-electron chi connectivity index (χ0n) is 13.8. The van der Waals surface area contributed by atoms with Crippen LogP contribution in [-0.2, 0) is 9.59 Å². The second-order valence-electron chi connectivity index (χ2n) is 6.78. The molecule has 3 atom stereocenters. The number of hydrogen-bond acceptors (Lipinski definition) is 4. The summed E-state index contributed by atoms with van der Waals surface area (Å²) in [5.41, 5.74) is 9.28. The molecule has 124 valence electrons. The van der Waals surface area contributed by atoms with Gasteiger partial charge in [0.2, 0.25) is 5.78 Å². The maximum absolute atomic E-state index is 12.0. The first-order valence-electron chi connectivity index (χ1n) is 8.41. The summed E-state index contributed by atoms with van der Waals surface area (Å²) in [5.74, 6) is 0.0621. The van der Waals surface area contributed by atoms with Crippen LogP contribution in [0.3, 0.4) is 0 Å². The average molecular weight is 315 g/mol. The van der Waals surface area contributed by atoms with Gasteiger partial charge >= 0.3 is 0 Å². The number of carbonyl (C=O) groups is 2. The Morgan fingerprint density at radius 1 is 1.22 bits per heavy atom. The van der Waals surface area contributed by atoms with Gasteiger partial charge in [-0.3, -0.25) is 20.4 Å². The van der Waals surface area contributed by atoms with Crippen LogP contribution >= 0.6 is 0 Å². The molecule has 0 radical (unpaired) electrons. The summed E-state index contributed by atoms with van der Waals surface area (Å²) in [7, 11) is 0. The van der Waals surface area contributed by atoms with Crippen molar-refractivity contribution in [3.8, 4) is 0 Å². The highest BCUT2D eigenvalue weighted by atomic mass is 16.2. The van der Waals surface area contributed by atoms with Gasteiger partial charge in [0, 0.05) is 38.5 Å². The molecule has 2 saturated heterocycles. The maximum Gasteiger partial charge on any atom is 0.289 e. The van der Waals surface area contributed by atoms with Crippen molar-refractivity contribution in [2.45, 2.75) is 38.6 Å². The van der Waals surface area contributed by atoms with Gasteiger partial charge in [-0.05, 0) is 31.2 Å². The number of likely N-dealkylation sites (tertiary alicyclic amines) is 1. The highest BCUT2D eigenvalue weighted by molar-refractivity contribution is 6.35. The first kappa shape index (κ1) is 16.1.